The second-order valence-electron chi connectivity index (χ2n) is 6.68. The van der Waals surface area contributed by atoms with Crippen LogP contribution in [0.15, 0.2) is 24.3 Å². The highest BCUT2D eigenvalue weighted by Gasteiger charge is 2.44. The number of carbonyl (C=O) groups is 3. The molecule has 0 N–H and O–H groups in total. The second kappa shape index (κ2) is 6.22. The van der Waals surface area contributed by atoms with E-state index in [4.69, 9.17) is 0 Å². The van der Waals surface area contributed by atoms with Gasteiger partial charge in [-0.2, -0.15) is 0 Å². The van der Waals surface area contributed by atoms with Gasteiger partial charge >= 0.3 is 0 Å². The normalized spacial score (nSPS) is 20.3. The topological polar surface area (TPSA) is 54.5 Å². The summed E-state index contributed by atoms with van der Waals surface area (Å²) in [6.07, 6.45) is 5.00. The molecule has 2 aliphatic rings. The number of amides is 2. The number of Topliss-reactive ketones (excluding diaryl/α,β-unsaturated/α-hetero) is 1. The van der Waals surface area contributed by atoms with Crippen LogP contribution < -0.4 is 0 Å². The number of likely N-dealkylation sites (tertiary alicyclic amines) is 1. The summed E-state index contributed by atoms with van der Waals surface area (Å²) in [7, 11) is 0. The molecule has 4 nitrogen and oxygen atoms in total. The zero-order chi connectivity index (χ0) is 16.4. The van der Waals surface area contributed by atoms with Gasteiger partial charge in [0.2, 0.25) is 11.8 Å². The van der Waals surface area contributed by atoms with E-state index < -0.39 is 5.82 Å². The van der Waals surface area contributed by atoms with Gasteiger partial charge in [0.1, 0.15) is 5.82 Å². The van der Waals surface area contributed by atoms with Gasteiger partial charge in [-0.15, -0.1) is 0 Å². The Morgan fingerprint density at radius 3 is 2.17 bits per heavy atom. The van der Waals surface area contributed by atoms with Gasteiger partial charge in [0.05, 0.1) is 0 Å². The van der Waals surface area contributed by atoms with Crippen molar-refractivity contribution in [3.8, 4) is 0 Å². The van der Waals surface area contributed by atoms with E-state index >= 15 is 0 Å². The van der Waals surface area contributed by atoms with Crippen LogP contribution >= 0.6 is 0 Å². The van der Waals surface area contributed by atoms with Gasteiger partial charge in [-0.05, 0) is 42.5 Å². The highest BCUT2D eigenvalue weighted by Crippen LogP contribution is 2.46. The third-order valence-electron chi connectivity index (χ3n) is 5.05. The molecule has 1 spiro atoms. The zero-order valence-electron chi connectivity index (χ0n) is 13.0. The molecule has 1 saturated heterocycles. The molecule has 0 aromatic heterocycles. The molecule has 1 aliphatic carbocycles. The Balaban J connectivity index is 1.60. The van der Waals surface area contributed by atoms with Crippen LogP contribution in [-0.2, 0) is 9.59 Å². The lowest BCUT2D eigenvalue weighted by molar-refractivity contribution is -0.153. The smallest absolute Gasteiger partial charge is 0.229 e. The number of hydrogen-bond acceptors (Lipinski definition) is 3. The molecular formula is C18H20FNO3. The van der Waals surface area contributed by atoms with Crippen molar-refractivity contribution in [2.24, 2.45) is 5.41 Å². The Morgan fingerprint density at radius 1 is 1.04 bits per heavy atom. The maximum absolute atomic E-state index is 12.9. The SMILES string of the molecule is O=C(CCN1C(=O)CC2(CCCC2)CC1=O)c1ccc(F)cc1. The average Bonchev–Trinajstić information content (AvgIpc) is 2.94. The summed E-state index contributed by atoms with van der Waals surface area (Å²) >= 11 is 0. The Bertz CT molecular complexity index is 612. The predicted molar refractivity (Wildman–Crippen MR) is 82.2 cm³/mol. The molecule has 1 aromatic rings. The predicted octanol–water partition coefficient (Wildman–Crippen LogP) is 3.11. The number of rotatable bonds is 4. The molecule has 0 bridgehead atoms. The second-order valence-corrected chi connectivity index (χ2v) is 6.68. The van der Waals surface area contributed by atoms with Crippen LogP contribution in [0.1, 0.15) is 55.3 Å². The molecule has 0 radical (unpaired) electrons. The number of piperidine rings is 1. The molecule has 0 unspecified atom stereocenters. The molecule has 5 heteroatoms. The largest absolute Gasteiger partial charge is 0.294 e. The van der Waals surface area contributed by atoms with E-state index in [0.717, 1.165) is 25.7 Å². The summed E-state index contributed by atoms with van der Waals surface area (Å²) in [6, 6.07) is 5.30. The fraction of sp³-hybridized carbons (Fsp3) is 0.500. The van der Waals surface area contributed by atoms with E-state index in [1.54, 1.807) is 0 Å². The van der Waals surface area contributed by atoms with Crippen LogP contribution in [0.3, 0.4) is 0 Å². The summed E-state index contributed by atoms with van der Waals surface area (Å²) in [5, 5.41) is 0. The minimum atomic E-state index is -0.398. The Kier molecular flexibility index (Phi) is 4.28. The first-order valence-corrected chi connectivity index (χ1v) is 8.11. The Morgan fingerprint density at radius 2 is 1.61 bits per heavy atom. The van der Waals surface area contributed by atoms with Crippen LogP contribution in [0.25, 0.3) is 0 Å². The Hall–Kier alpha value is -2.04. The van der Waals surface area contributed by atoms with E-state index in [9.17, 15) is 18.8 Å². The van der Waals surface area contributed by atoms with Gasteiger partial charge in [-0.3, -0.25) is 19.3 Å². The van der Waals surface area contributed by atoms with Crippen molar-refractivity contribution in [1.82, 2.24) is 4.90 Å². The molecule has 1 saturated carbocycles. The van der Waals surface area contributed by atoms with Crippen molar-refractivity contribution in [3.63, 3.8) is 0 Å². The van der Waals surface area contributed by atoms with Crippen molar-refractivity contribution in [2.45, 2.75) is 44.9 Å². The van der Waals surface area contributed by atoms with E-state index in [2.05, 4.69) is 0 Å². The van der Waals surface area contributed by atoms with E-state index in [1.807, 2.05) is 0 Å². The van der Waals surface area contributed by atoms with Crippen LogP contribution in [-0.4, -0.2) is 29.0 Å². The molecule has 23 heavy (non-hydrogen) atoms. The highest BCUT2D eigenvalue weighted by molar-refractivity contribution is 6.00. The molecule has 0 atom stereocenters. The summed E-state index contributed by atoms with van der Waals surface area (Å²) in [5.41, 5.74) is 0.279. The number of nitrogens with zero attached hydrogens (tertiary/aromatic N) is 1. The van der Waals surface area contributed by atoms with E-state index in [0.29, 0.717) is 18.4 Å². The van der Waals surface area contributed by atoms with Crippen molar-refractivity contribution in [2.75, 3.05) is 6.54 Å². The zero-order valence-corrected chi connectivity index (χ0v) is 13.0. The summed E-state index contributed by atoms with van der Waals surface area (Å²) in [4.78, 5) is 37.9. The summed E-state index contributed by atoms with van der Waals surface area (Å²) in [6.45, 7) is 0.115. The maximum Gasteiger partial charge on any atom is 0.229 e. The van der Waals surface area contributed by atoms with Crippen molar-refractivity contribution < 1.29 is 18.8 Å². The van der Waals surface area contributed by atoms with Gasteiger partial charge in [-0.1, -0.05) is 12.8 Å². The summed E-state index contributed by atoms with van der Waals surface area (Å²) in [5.74, 6) is -0.901. The van der Waals surface area contributed by atoms with Crippen LogP contribution in [0, 0.1) is 11.2 Å². The third kappa shape index (κ3) is 3.33. The Labute approximate surface area is 134 Å². The number of carbonyl (C=O) groups excluding carboxylic acids is 3. The molecule has 1 aromatic carbocycles. The van der Waals surface area contributed by atoms with Gasteiger partial charge in [-0.25, -0.2) is 4.39 Å². The minimum absolute atomic E-state index is 0.0795. The molecule has 2 fully saturated rings. The minimum Gasteiger partial charge on any atom is -0.294 e. The number of hydrogen-bond donors (Lipinski definition) is 0. The number of ketones is 1. The lowest BCUT2D eigenvalue weighted by Gasteiger charge is -2.37. The highest BCUT2D eigenvalue weighted by atomic mass is 19.1. The number of imide groups is 1. The first kappa shape index (κ1) is 15.8. The average molecular weight is 317 g/mol. The third-order valence-corrected chi connectivity index (χ3v) is 5.05. The molecule has 1 heterocycles. The monoisotopic (exact) mass is 317 g/mol. The van der Waals surface area contributed by atoms with Gasteiger partial charge < -0.3 is 0 Å². The lowest BCUT2D eigenvalue weighted by atomic mass is 9.76. The van der Waals surface area contributed by atoms with Gasteiger partial charge in [0.15, 0.2) is 5.78 Å². The number of halogens is 1. The lowest BCUT2D eigenvalue weighted by Crippen LogP contribution is -2.47. The quantitative estimate of drug-likeness (QED) is 0.633. The van der Waals surface area contributed by atoms with Crippen LogP contribution in [0.5, 0.6) is 0 Å². The van der Waals surface area contributed by atoms with Gasteiger partial charge in [0.25, 0.3) is 0 Å². The molecule has 3 rings (SSSR count). The van der Waals surface area contributed by atoms with E-state index in [1.165, 1.54) is 29.2 Å². The standard InChI is InChI=1S/C18H20FNO3/c19-14-5-3-13(4-6-14)15(21)7-10-20-16(22)11-18(12-17(20)23)8-1-2-9-18/h3-6H,1-2,7-12H2. The van der Waals surface area contributed by atoms with Crippen molar-refractivity contribution in [1.29, 1.82) is 0 Å². The van der Waals surface area contributed by atoms with Crippen LogP contribution in [0.4, 0.5) is 4.39 Å². The molecule has 2 amide bonds. The van der Waals surface area contributed by atoms with Crippen LogP contribution in [0.2, 0.25) is 0 Å². The van der Waals surface area contributed by atoms with E-state index in [-0.39, 0.29) is 36.0 Å². The maximum atomic E-state index is 12.9. The van der Waals surface area contributed by atoms with Crippen molar-refractivity contribution >= 4 is 17.6 Å². The first-order chi connectivity index (χ1) is 11.0. The first-order valence-electron chi connectivity index (χ1n) is 8.11. The summed E-state index contributed by atoms with van der Waals surface area (Å²) < 4.78 is 12.9. The fourth-order valence-electron chi connectivity index (χ4n) is 3.76. The fourth-order valence-corrected chi connectivity index (χ4v) is 3.76. The van der Waals surface area contributed by atoms with Crippen molar-refractivity contribution in [3.05, 3.63) is 35.6 Å². The number of benzene rings is 1. The molecule has 1 aliphatic heterocycles. The molecule has 122 valence electrons. The van der Waals surface area contributed by atoms with Gasteiger partial charge in [0, 0.05) is 31.4 Å². The molecular weight excluding hydrogens is 297 g/mol.